The monoisotopic (exact) mass is 433 g/mol. The van der Waals surface area contributed by atoms with Gasteiger partial charge >= 0.3 is 0 Å². The quantitative estimate of drug-likeness (QED) is 0.110. The molecule has 0 aromatic rings. The highest BCUT2D eigenvalue weighted by atomic mass is 16.2. The number of likely N-dealkylation sites (tertiary alicyclic amines) is 1. The number of hydrogen-bond donors (Lipinski definition) is 0. The molecule has 1 amide bonds. The van der Waals surface area contributed by atoms with Crippen molar-refractivity contribution in [2.45, 2.75) is 149 Å². The molecule has 1 fully saturated rings. The molecule has 0 aliphatic carbocycles. The summed E-state index contributed by atoms with van der Waals surface area (Å²) >= 11 is 0. The van der Waals surface area contributed by atoms with Crippen molar-refractivity contribution in [2.75, 3.05) is 6.54 Å². The van der Waals surface area contributed by atoms with Gasteiger partial charge < -0.3 is 4.90 Å². The van der Waals surface area contributed by atoms with Crippen LogP contribution in [0.4, 0.5) is 0 Å². The van der Waals surface area contributed by atoms with E-state index in [1.165, 1.54) is 95.5 Å². The second-order valence-electron chi connectivity index (χ2n) is 9.66. The summed E-state index contributed by atoms with van der Waals surface area (Å²) in [4.78, 5) is 25.8. The number of Topliss-reactive ketones (excluding diaryl/α,β-unsaturated/α-hetero) is 1. The van der Waals surface area contributed by atoms with Crippen LogP contribution in [0, 0.1) is 0 Å². The highest BCUT2D eigenvalue weighted by molar-refractivity contribution is 6.38. The lowest BCUT2D eigenvalue weighted by Crippen LogP contribution is -2.38. The molecular weight excluding hydrogens is 382 g/mol. The van der Waals surface area contributed by atoms with Crippen LogP contribution in [0.3, 0.4) is 0 Å². The summed E-state index contributed by atoms with van der Waals surface area (Å²) in [5, 5.41) is 0. The summed E-state index contributed by atoms with van der Waals surface area (Å²) in [5.41, 5.74) is 1.27. The van der Waals surface area contributed by atoms with E-state index >= 15 is 0 Å². The van der Waals surface area contributed by atoms with Gasteiger partial charge in [-0.25, -0.2) is 0 Å². The van der Waals surface area contributed by atoms with Gasteiger partial charge in [-0.2, -0.15) is 0 Å². The minimum absolute atomic E-state index is 0.132. The Hall–Kier alpha value is -1.12. The van der Waals surface area contributed by atoms with Crippen LogP contribution in [0.1, 0.15) is 143 Å². The number of unbranched alkanes of at least 4 members (excludes halogenated alkanes) is 15. The Kier molecular flexibility index (Phi) is 16.6. The van der Waals surface area contributed by atoms with Crippen molar-refractivity contribution < 1.29 is 9.59 Å². The zero-order valence-electron chi connectivity index (χ0n) is 21.1. The molecule has 0 saturated carbocycles. The summed E-state index contributed by atoms with van der Waals surface area (Å²) in [7, 11) is 0. The molecule has 0 radical (unpaired) electrons. The molecule has 31 heavy (non-hydrogen) atoms. The van der Waals surface area contributed by atoms with Gasteiger partial charge in [0.15, 0.2) is 0 Å². The molecule has 3 nitrogen and oxygen atoms in total. The molecule has 0 aromatic carbocycles. The number of hydrogen-bond acceptors (Lipinski definition) is 2. The van der Waals surface area contributed by atoms with Crippen LogP contribution in [-0.2, 0) is 9.59 Å². The van der Waals surface area contributed by atoms with Gasteiger partial charge in [0, 0.05) is 13.0 Å². The van der Waals surface area contributed by atoms with Crippen LogP contribution in [0.15, 0.2) is 11.6 Å². The number of allylic oxidation sites excluding steroid dienone is 1. The highest BCUT2D eigenvalue weighted by Gasteiger charge is 2.34. The molecule has 1 aliphatic rings. The average Bonchev–Trinajstić information content (AvgIpc) is 3.10. The summed E-state index contributed by atoms with van der Waals surface area (Å²) in [6.45, 7) is 7.21. The van der Waals surface area contributed by atoms with Crippen molar-refractivity contribution >= 4 is 11.7 Å². The predicted octanol–water partition coefficient (Wildman–Crippen LogP) is 8.16. The summed E-state index contributed by atoms with van der Waals surface area (Å²) in [5.74, 6) is -0.458. The van der Waals surface area contributed by atoms with Crippen LogP contribution < -0.4 is 0 Å². The molecule has 1 atom stereocenters. The number of carbonyl (C=O) groups is 2. The summed E-state index contributed by atoms with van der Waals surface area (Å²) in [6, 6.07) is 0.132. The fraction of sp³-hybridized carbons (Fsp3) is 0.857. The van der Waals surface area contributed by atoms with Gasteiger partial charge in [-0.1, -0.05) is 128 Å². The Balaban J connectivity index is 2.09. The van der Waals surface area contributed by atoms with Crippen LogP contribution in [0.25, 0.3) is 0 Å². The number of rotatable bonds is 20. The molecule has 1 saturated heterocycles. The fourth-order valence-corrected chi connectivity index (χ4v) is 4.73. The first-order valence-corrected chi connectivity index (χ1v) is 13.6. The van der Waals surface area contributed by atoms with Crippen molar-refractivity contribution in [2.24, 2.45) is 0 Å². The van der Waals surface area contributed by atoms with Crippen molar-refractivity contribution in [3.05, 3.63) is 11.6 Å². The Morgan fingerprint density at radius 3 is 1.68 bits per heavy atom. The Bertz CT molecular complexity index is 511. The summed E-state index contributed by atoms with van der Waals surface area (Å²) < 4.78 is 0. The minimum atomic E-state index is -0.254. The van der Waals surface area contributed by atoms with Gasteiger partial charge in [0.25, 0.3) is 5.91 Å². The van der Waals surface area contributed by atoms with Gasteiger partial charge in [-0.05, 0) is 19.8 Å². The lowest BCUT2D eigenvalue weighted by atomic mass is 9.98. The predicted molar refractivity (Wildman–Crippen MR) is 133 cm³/mol. The largest absolute Gasteiger partial charge is 0.329 e. The molecular formula is C28H51NO2. The van der Waals surface area contributed by atoms with E-state index in [0.29, 0.717) is 13.0 Å². The molecule has 1 heterocycles. The summed E-state index contributed by atoms with van der Waals surface area (Å²) in [6.07, 6.45) is 26.4. The maximum absolute atomic E-state index is 12.2. The molecule has 0 bridgehead atoms. The van der Waals surface area contributed by atoms with E-state index in [0.717, 1.165) is 25.7 Å². The second-order valence-corrected chi connectivity index (χ2v) is 9.66. The third kappa shape index (κ3) is 12.5. The standard InChI is InChI=1S/C28H51NO2/c1-4-6-8-9-10-11-12-13-14-15-16-17-18-19-20-22-26(25(3)21-7-5-2)29-24-23-27(30)28(29)31/h21,26H,4-20,22-24H2,1-3H3. The maximum Gasteiger partial charge on any atom is 0.290 e. The molecule has 0 aromatic heterocycles. The van der Waals surface area contributed by atoms with Gasteiger partial charge in [0.2, 0.25) is 5.78 Å². The van der Waals surface area contributed by atoms with Crippen molar-refractivity contribution in [1.29, 1.82) is 0 Å². The topological polar surface area (TPSA) is 37.4 Å². The average molecular weight is 434 g/mol. The van der Waals surface area contributed by atoms with E-state index in [9.17, 15) is 9.59 Å². The first-order chi connectivity index (χ1) is 15.1. The van der Waals surface area contributed by atoms with Gasteiger partial charge in [-0.15, -0.1) is 0 Å². The number of amides is 1. The molecule has 0 spiro atoms. The van der Waals surface area contributed by atoms with Gasteiger partial charge in [0.05, 0.1) is 6.04 Å². The lowest BCUT2D eigenvalue weighted by molar-refractivity contribution is -0.140. The first-order valence-electron chi connectivity index (χ1n) is 13.6. The molecule has 3 heteroatoms. The smallest absolute Gasteiger partial charge is 0.290 e. The normalized spacial score (nSPS) is 15.8. The third-order valence-electron chi connectivity index (χ3n) is 6.82. The first kappa shape index (κ1) is 27.9. The van der Waals surface area contributed by atoms with Crippen LogP contribution in [0.2, 0.25) is 0 Å². The van der Waals surface area contributed by atoms with E-state index in [2.05, 4.69) is 26.8 Å². The molecule has 1 unspecified atom stereocenters. The van der Waals surface area contributed by atoms with E-state index in [-0.39, 0.29) is 17.7 Å². The number of carbonyl (C=O) groups excluding carboxylic acids is 2. The Labute approximate surface area is 193 Å². The number of ketones is 1. The zero-order chi connectivity index (χ0) is 22.7. The van der Waals surface area contributed by atoms with Crippen molar-refractivity contribution in [3.8, 4) is 0 Å². The van der Waals surface area contributed by atoms with E-state index in [1.807, 2.05) is 4.90 Å². The minimum Gasteiger partial charge on any atom is -0.329 e. The maximum atomic E-state index is 12.2. The molecule has 1 aliphatic heterocycles. The van der Waals surface area contributed by atoms with E-state index < -0.39 is 0 Å². The Morgan fingerprint density at radius 2 is 1.26 bits per heavy atom. The zero-order valence-corrected chi connectivity index (χ0v) is 21.1. The fourth-order valence-electron chi connectivity index (χ4n) is 4.73. The molecule has 180 valence electrons. The highest BCUT2D eigenvalue weighted by Crippen LogP contribution is 2.23. The van der Waals surface area contributed by atoms with Crippen molar-refractivity contribution in [3.63, 3.8) is 0 Å². The second kappa shape index (κ2) is 18.5. The SMILES string of the molecule is CCCC=C(C)C(CCCCCCCCCCCCCCCCC)N1CCC(=O)C1=O. The van der Waals surface area contributed by atoms with Gasteiger partial charge in [-0.3, -0.25) is 9.59 Å². The molecule has 1 rings (SSSR count). The van der Waals surface area contributed by atoms with Crippen LogP contribution in [-0.4, -0.2) is 29.2 Å². The Morgan fingerprint density at radius 1 is 0.774 bits per heavy atom. The third-order valence-corrected chi connectivity index (χ3v) is 6.82. The van der Waals surface area contributed by atoms with Crippen LogP contribution in [0.5, 0.6) is 0 Å². The molecule has 0 N–H and O–H groups in total. The van der Waals surface area contributed by atoms with Gasteiger partial charge in [0.1, 0.15) is 0 Å². The van der Waals surface area contributed by atoms with Crippen molar-refractivity contribution in [1.82, 2.24) is 4.90 Å². The van der Waals surface area contributed by atoms with Crippen LogP contribution >= 0.6 is 0 Å². The van der Waals surface area contributed by atoms with E-state index in [4.69, 9.17) is 0 Å². The van der Waals surface area contributed by atoms with E-state index in [1.54, 1.807) is 0 Å². The lowest BCUT2D eigenvalue weighted by Gasteiger charge is -2.28. The number of nitrogens with zero attached hydrogens (tertiary/aromatic N) is 1.